The molecule has 0 aliphatic carbocycles. The van der Waals surface area contributed by atoms with E-state index in [1.807, 2.05) is 11.0 Å². The Morgan fingerprint density at radius 2 is 1.57 bits per heavy atom. The summed E-state index contributed by atoms with van der Waals surface area (Å²) in [6.45, 7) is 4.85. The molecule has 2 fully saturated rings. The number of alkyl halides is 3. The summed E-state index contributed by atoms with van der Waals surface area (Å²) < 4.78 is 78.5. The molecule has 1 unspecified atom stereocenters. The molecule has 13 heteroatoms. The molecule has 8 nitrogen and oxygen atoms in total. The molecule has 2 aliphatic heterocycles. The van der Waals surface area contributed by atoms with Gasteiger partial charge in [0.2, 0.25) is 0 Å². The van der Waals surface area contributed by atoms with Crippen LogP contribution in [0.2, 0.25) is 0 Å². The molecule has 2 atom stereocenters. The Labute approximate surface area is 265 Å². The van der Waals surface area contributed by atoms with E-state index in [0.717, 1.165) is 25.9 Å². The lowest BCUT2D eigenvalue weighted by atomic mass is 10.1. The largest absolute Gasteiger partial charge is 0.490 e. The number of carbonyl (C=O) groups excluding carboxylic acids is 1. The topological polar surface area (TPSA) is 104 Å². The molecule has 0 bridgehead atoms. The van der Waals surface area contributed by atoms with Crippen molar-refractivity contribution in [2.75, 3.05) is 19.6 Å². The standard InChI is InChI=1S/C31H35FN2O4S.C2HF3O2/c1-23-9-7-17-33(23)20-26-12-8-18-34(26)31(35)29-16-15-27(19-30(29)32)38-21-24-10-5-6-11-25(24)22-39(36,37)28-13-3-2-4-14-28;3-2(4,5)1(6)7/h2-6,10-11,13-16,19,23,26H,7-9,12,17-18,20-22H2,1H3;(H,6,7)/t23-,26?;/m0./s1. The minimum Gasteiger partial charge on any atom is -0.489 e. The lowest BCUT2D eigenvalue weighted by Crippen LogP contribution is -2.44. The molecular weight excluding hydrogens is 628 g/mol. The SMILES string of the molecule is C[C@H]1CCCN1CC1CCCN1C(=O)c1ccc(OCc2ccccc2CS(=O)(=O)c2ccccc2)cc1F.O=C(O)C(F)(F)F. The molecule has 0 radical (unpaired) electrons. The average Bonchev–Trinajstić information content (AvgIpc) is 3.65. The molecule has 0 spiro atoms. The van der Waals surface area contributed by atoms with Gasteiger partial charge < -0.3 is 14.7 Å². The Bertz CT molecular complexity index is 1620. The molecular formula is C33H36F4N2O6S. The van der Waals surface area contributed by atoms with E-state index in [-0.39, 0.29) is 40.5 Å². The Balaban J connectivity index is 0.000000617. The first-order valence-corrected chi connectivity index (χ1v) is 16.5. The van der Waals surface area contributed by atoms with Crippen LogP contribution in [0.1, 0.15) is 54.1 Å². The Morgan fingerprint density at radius 3 is 2.17 bits per heavy atom. The second-order valence-corrected chi connectivity index (χ2v) is 13.3. The maximum Gasteiger partial charge on any atom is 0.490 e. The maximum atomic E-state index is 15.1. The van der Waals surface area contributed by atoms with Crippen molar-refractivity contribution in [3.05, 3.63) is 95.3 Å². The van der Waals surface area contributed by atoms with Crippen molar-refractivity contribution in [3.63, 3.8) is 0 Å². The third-order valence-corrected chi connectivity index (χ3v) is 9.83. The smallest absolute Gasteiger partial charge is 0.489 e. The molecule has 5 rings (SSSR count). The first kappa shape index (κ1) is 34.9. The van der Waals surface area contributed by atoms with Crippen LogP contribution in [0.15, 0.2) is 77.7 Å². The summed E-state index contributed by atoms with van der Waals surface area (Å²) in [5.74, 6) is -3.52. The highest BCUT2D eigenvalue weighted by Gasteiger charge is 2.38. The molecule has 2 saturated heterocycles. The van der Waals surface area contributed by atoms with Gasteiger partial charge in [0, 0.05) is 31.2 Å². The van der Waals surface area contributed by atoms with Crippen LogP contribution in [0.3, 0.4) is 0 Å². The molecule has 0 saturated carbocycles. The van der Waals surface area contributed by atoms with Gasteiger partial charge in [0.05, 0.1) is 16.2 Å². The van der Waals surface area contributed by atoms with Crippen molar-refractivity contribution in [2.45, 2.75) is 68.1 Å². The second kappa shape index (κ2) is 15.1. The van der Waals surface area contributed by atoms with Crippen molar-refractivity contribution in [1.29, 1.82) is 0 Å². The maximum absolute atomic E-state index is 15.1. The number of aliphatic carboxylic acids is 1. The van der Waals surface area contributed by atoms with Gasteiger partial charge in [-0.1, -0.05) is 42.5 Å². The monoisotopic (exact) mass is 664 g/mol. The van der Waals surface area contributed by atoms with Gasteiger partial charge in [0.25, 0.3) is 5.91 Å². The van der Waals surface area contributed by atoms with Gasteiger partial charge in [-0.05, 0) is 74.5 Å². The van der Waals surface area contributed by atoms with Crippen molar-refractivity contribution in [3.8, 4) is 5.75 Å². The van der Waals surface area contributed by atoms with Crippen LogP contribution in [-0.2, 0) is 27.0 Å². The van der Waals surface area contributed by atoms with Crippen molar-refractivity contribution >= 4 is 21.7 Å². The van der Waals surface area contributed by atoms with Gasteiger partial charge in [-0.15, -0.1) is 0 Å². The summed E-state index contributed by atoms with van der Waals surface area (Å²) in [5.41, 5.74) is 1.38. The normalized spacial score (nSPS) is 18.6. The van der Waals surface area contributed by atoms with Gasteiger partial charge in [-0.3, -0.25) is 9.69 Å². The molecule has 2 heterocycles. The van der Waals surface area contributed by atoms with Gasteiger partial charge in [0.1, 0.15) is 18.2 Å². The van der Waals surface area contributed by atoms with Crippen LogP contribution < -0.4 is 4.74 Å². The van der Waals surface area contributed by atoms with Crippen LogP contribution in [0.5, 0.6) is 5.75 Å². The predicted octanol–water partition coefficient (Wildman–Crippen LogP) is 6.10. The zero-order chi connectivity index (χ0) is 33.5. The third kappa shape index (κ3) is 9.06. The summed E-state index contributed by atoms with van der Waals surface area (Å²) in [6.07, 6.45) is -0.840. The van der Waals surface area contributed by atoms with E-state index < -0.39 is 27.8 Å². The lowest BCUT2D eigenvalue weighted by Gasteiger charge is -2.31. The first-order chi connectivity index (χ1) is 21.8. The number of carboxylic acids is 1. The highest BCUT2D eigenvalue weighted by Crippen LogP contribution is 2.27. The van der Waals surface area contributed by atoms with E-state index >= 15 is 4.39 Å². The molecule has 248 valence electrons. The Kier molecular flexibility index (Phi) is 11.4. The van der Waals surface area contributed by atoms with Crippen LogP contribution in [0.25, 0.3) is 0 Å². The van der Waals surface area contributed by atoms with E-state index in [0.29, 0.717) is 23.7 Å². The van der Waals surface area contributed by atoms with Crippen molar-refractivity contribution in [2.24, 2.45) is 0 Å². The molecule has 3 aromatic rings. The molecule has 1 amide bonds. The number of ether oxygens (including phenoxy) is 1. The van der Waals surface area contributed by atoms with Crippen LogP contribution >= 0.6 is 0 Å². The number of carboxylic acid groups (broad SMARTS) is 1. The number of hydrogen-bond donors (Lipinski definition) is 1. The highest BCUT2D eigenvalue weighted by atomic mass is 32.2. The fourth-order valence-corrected chi connectivity index (χ4v) is 7.09. The number of amides is 1. The molecule has 0 aromatic heterocycles. The van der Waals surface area contributed by atoms with Crippen molar-refractivity contribution < 1.29 is 45.4 Å². The van der Waals surface area contributed by atoms with Crippen LogP contribution in [0, 0.1) is 5.82 Å². The quantitative estimate of drug-likeness (QED) is 0.276. The zero-order valence-electron chi connectivity index (χ0n) is 25.2. The summed E-state index contributed by atoms with van der Waals surface area (Å²) in [4.78, 5) is 26.7. The fourth-order valence-electron chi connectivity index (χ4n) is 5.66. The molecule has 2 aliphatic rings. The summed E-state index contributed by atoms with van der Waals surface area (Å²) >= 11 is 0. The average molecular weight is 665 g/mol. The minimum absolute atomic E-state index is 0.0538. The second-order valence-electron chi connectivity index (χ2n) is 11.4. The Hall–Kier alpha value is -3.97. The van der Waals surface area contributed by atoms with Crippen LogP contribution in [0.4, 0.5) is 17.6 Å². The molecule has 1 N–H and O–H groups in total. The van der Waals surface area contributed by atoms with Gasteiger partial charge in [0.15, 0.2) is 9.84 Å². The third-order valence-electron chi connectivity index (χ3n) is 8.15. The molecule has 46 heavy (non-hydrogen) atoms. The number of halogens is 4. The number of likely N-dealkylation sites (tertiary alicyclic amines) is 2. The van der Waals surface area contributed by atoms with Crippen molar-refractivity contribution in [1.82, 2.24) is 9.80 Å². The first-order valence-electron chi connectivity index (χ1n) is 14.9. The van der Waals surface area contributed by atoms with E-state index in [9.17, 15) is 26.4 Å². The van der Waals surface area contributed by atoms with Gasteiger partial charge in [-0.2, -0.15) is 13.2 Å². The number of carbonyl (C=O) groups is 2. The number of benzene rings is 3. The minimum atomic E-state index is -5.08. The number of nitrogens with zero attached hydrogens (tertiary/aromatic N) is 2. The molecule has 3 aromatic carbocycles. The van der Waals surface area contributed by atoms with Gasteiger partial charge in [-0.25, -0.2) is 17.6 Å². The lowest BCUT2D eigenvalue weighted by molar-refractivity contribution is -0.192. The zero-order valence-corrected chi connectivity index (χ0v) is 26.1. The van der Waals surface area contributed by atoms with Gasteiger partial charge >= 0.3 is 12.1 Å². The number of rotatable bonds is 9. The summed E-state index contributed by atoms with van der Waals surface area (Å²) in [7, 11) is -3.53. The van der Waals surface area contributed by atoms with E-state index in [2.05, 4.69) is 11.8 Å². The fraction of sp³-hybridized carbons (Fsp3) is 0.394. The van der Waals surface area contributed by atoms with E-state index in [4.69, 9.17) is 14.6 Å². The highest BCUT2D eigenvalue weighted by molar-refractivity contribution is 7.90. The van der Waals surface area contributed by atoms with Crippen LogP contribution in [-0.4, -0.2) is 73.1 Å². The summed E-state index contributed by atoms with van der Waals surface area (Å²) in [5, 5.41) is 7.12. The van der Waals surface area contributed by atoms with E-state index in [1.54, 1.807) is 54.6 Å². The number of sulfone groups is 1. The summed E-state index contributed by atoms with van der Waals surface area (Å²) in [6, 6.07) is 20.5. The predicted molar refractivity (Wildman–Crippen MR) is 163 cm³/mol. The van der Waals surface area contributed by atoms with E-state index in [1.165, 1.54) is 25.0 Å². The Morgan fingerprint density at radius 1 is 0.935 bits per heavy atom. The number of hydrogen-bond acceptors (Lipinski definition) is 6.